The average Bonchev–Trinajstić information content (AvgIpc) is 2.65. The number of ether oxygens (including phenoxy) is 1. The summed E-state index contributed by atoms with van der Waals surface area (Å²) in [5.74, 6) is -1.08. The summed E-state index contributed by atoms with van der Waals surface area (Å²) < 4.78 is 5.23. The van der Waals surface area contributed by atoms with Crippen molar-refractivity contribution in [2.45, 2.75) is 26.2 Å². The summed E-state index contributed by atoms with van der Waals surface area (Å²) in [4.78, 5) is 37.9. The predicted octanol–water partition coefficient (Wildman–Crippen LogP) is 2.97. The Morgan fingerprint density at radius 1 is 1.04 bits per heavy atom. The van der Waals surface area contributed by atoms with E-state index in [0.29, 0.717) is 18.8 Å². The molecule has 2 aromatic rings. The molecule has 0 spiro atoms. The number of likely N-dealkylation sites (tertiary alicyclic amines) is 1. The Kier molecular flexibility index (Phi) is 5.51. The summed E-state index contributed by atoms with van der Waals surface area (Å²) in [6.45, 7) is 2.52. The molecule has 0 atom stereocenters. The molecule has 0 bridgehead atoms. The third-order valence-corrected chi connectivity index (χ3v) is 4.45. The number of piperidine rings is 1. The van der Waals surface area contributed by atoms with Gasteiger partial charge in [0.2, 0.25) is 5.91 Å². The SMILES string of the molecule is CC(=O)Nc1cc2ccccc2cc1C(=O)OCC(=O)N1CCCCC1. The van der Waals surface area contributed by atoms with Crippen LogP contribution in [0.2, 0.25) is 0 Å². The lowest BCUT2D eigenvalue weighted by Gasteiger charge is -2.26. The van der Waals surface area contributed by atoms with Crippen molar-refractivity contribution in [3.8, 4) is 0 Å². The first-order chi connectivity index (χ1) is 12.5. The summed E-state index contributed by atoms with van der Waals surface area (Å²) >= 11 is 0. The molecule has 0 unspecified atom stereocenters. The van der Waals surface area contributed by atoms with Crippen molar-refractivity contribution in [1.29, 1.82) is 0 Å². The van der Waals surface area contributed by atoms with Gasteiger partial charge in [-0.2, -0.15) is 0 Å². The summed E-state index contributed by atoms with van der Waals surface area (Å²) in [6.07, 6.45) is 3.09. The Morgan fingerprint density at radius 2 is 1.69 bits per heavy atom. The molecule has 2 aromatic carbocycles. The maximum absolute atomic E-state index is 12.5. The second-order valence-electron chi connectivity index (χ2n) is 6.44. The molecule has 0 saturated carbocycles. The number of hydrogen-bond acceptors (Lipinski definition) is 4. The molecule has 1 N–H and O–H groups in total. The van der Waals surface area contributed by atoms with E-state index in [4.69, 9.17) is 4.74 Å². The van der Waals surface area contributed by atoms with Gasteiger partial charge in [-0.25, -0.2) is 4.79 Å². The third-order valence-electron chi connectivity index (χ3n) is 4.45. The van der Waals surface area contributed by atoms with Gasteiger partial charge in [0.15, 0.2) is 6.61 Å². The largest absolute Gasteiger partial charge is 0.452 e. The topological polar surface area (TPSA) is 75.7 Å². The van der Waals surface area contributed by atoms with Crippen LogP contribution in [0.1, 0.15) is 36.5 Å². The fourth-order valence-corrected chi connectivity index (χ4v) is 3.14. The molecule has 1 aliphatic heterocycles. The van der Waals surface area contributed by atoms with Crippen molar-refractivity contribution in [2.24, 2.45) is 0 Å². The summed E-state index contributed by atoms with van der Waals surface area (Å²) in [7, 11) is 0. The van der Waals surface area contributed by atoms with Crippen molar-refractivity contribution in [3.63, 3.8) is 0 Å². The number of nitrogens with zero attached hydrogens (tertiary/aromatic N) is 1. The van der Waals surface area contributed by atoms with E-state index in [1.165, 1.54) is 6.92 Å². The van der Waals surface area contributed by atoms with Gasteiger partial charge in [-0.3, -0.25) is 9.59 Å². The third kappa shape index (κ3) is 4.20. The van der Waals surface area contributed by atoms with E-state index >= 15 is 0 Å². The smallest absolute Gasteiger partial charge is 0.340 e. The van der Waals surface area contributed by atoms with Crippen molar-refractivity contribution in [2.75, 3.05) is 25.0 Å². The highest BCUT2D eigenvalue weighted by Crippen LogP contribution is 2.25. The van der Waals surface area contributed by atoms with Crippen molar-refractivity contribution >= 4 is 34.2 Å². The summed E-state index contributed by atoms with van der Waals surface area (Å²) in [5, 5.41) is 4.42. The highest BCUT2D eigenvalue weighted by Gasteiger charge is 2.20. The van der Waals surface area contributed by atoms with Crippen LogP contribution in [0.3, 0.4) is 0 Å². The molecule has 3 rings (SSSR count). The Labute approximate surface area is 152 Å². The highest BCUT2D eigenvalue weighted by molar-refractivity contribution is 6.05. The van der Waals surface area contributed by atoms with Crippen LogP contribution in [0, 0.1) is 0 Å². The van der Waals surface area contributed by atoms with E-state index in [1.807, 2.05) is 24.3 Å². The normalized spacial score (nSPS) is 14.1. The first-order valence-corrected chi connectivity index (χ1v) is 8.80. The minimum Gasteiger partial charge on any atom is -0.452 e. The van der Waals surface area contributed by atoms with Gasteiger partial charge < -0.3 is 15.0 Å². The molecular weight excluding hydrogens is 332 g/mol. The number of benzene rings is 2. The molecule has 6 nitrogen and oxygen atoms in total. The molecule has 0 aromatic heterocycles. The quantitative estimate of drug-likeness (QED) is 0.857. The molecule has 136 valence electrons. The number of carbonyl (C=O) groups excluding carboxylic acids is 3. The minimum absolute atomic E-state index is 0.181. The van der Waals surface area contributed by atoms with Crippen LogP contribution >= 0.6 is 0 Å². The van der Waals surface area contributed by atoms with Crippen molar-refractivity contribution in [3.05, 3.63) is 42.0 Å². The lowest BCUT2D eigenvalue weighted by molar-refractivity contribution is -0.135. The molecule has 1 saturated heterocycles. The van der Waals surface area contributed by atoms with Crippen LogP contribution in [0.15, 0.2) is 36.4 Å². The first kappa shape index (κ1) is 17.9. The zero-order chi connectivity index (χ0) is 18.5. The zero-order valence-electron chi connectivity index (χ0n) is 14.8. The van der Waals surface area contributed by atoms with Gasteiger partial charge in [-0.05, 0) is 42.2 Å². The van der Waals surface area contributed by atoms with Gasteiger partial charge in [0.25, 0.3) is 5.91 Å². The lowest BCUT2D eigenvalue weighted by Crippen LogP contribution is -2.38. The molecule has 0 radical (unpaired) electrons. The van der Waals surface area contributed by atoms with Gasteiger partial charge in [0.1, 0.15) is 0 Å². The summed E-state index contributed by atoms with van der Waals surface area (Å²) in [6, 6.07) is 10.9. The summed E-state index contributed by atoms with van der Waals surface area (Å²) in [5.41, 5.74) is 0.622. The number of rotatable bonds is 4. The van der Waals surface area contributed by atoms with Crippen LogP contribution in [0.5, 0.6) is 0 Å². The van der Waals surface area contributed by atoms with Crippen LogP contribution < -0.4 is 5.32 Å². The van der Waals surface area contributed by atoms with Crippen molar-refractivity contribution < 1.29 is 19.1 Å². The number of carbonyl (C=O) groups is 3. The number of anilines is 1. The highest BCUT2D eigenvalue weighted by atomic mass is 16.5. The Hall–Kier alpha value is -2.89. The second-order valence-corrected chi connectivity index (χ2v) is 6.44. The fraction of sp³-hybridized carbons (Fsp3) is 0.350. The maximum Gasteiger partial charge on any atom is 0.340 e. The minimum atomic E-state index is -0.620. The van der Waals surface area contributed by atoms with E-state index in [1.54, 1.807) is 17.0 Å². The number of fused-ring (bicyclic) bond motifs is 1. The number of hydrogen-bond donors (Lipinski definition) is 1. The molecule has 1 heterocycles. The van der Waals surface area contributed by atoms with E-state index < -0.39 is 5.97 Å². The van der Waals surface area contributed by atoms with E-state index in [2.05, 4.69) is 5.32 Å². The van der Waals surface area contributed by atoms with E-state index in [0.717, 1.165) is 30.0 Å². The van der Waals surface area contributed by atoms with E-state index in [9.17, 15) is 14.4 Å². The molecule has 6 heteroatoms. The maximum atomic E-state index is 12.5. The molecule has 0 aliphatic carbocycles. The molecular formula is C20H22N2O4. The van der Waals surface area contributed by atoms with Crippen LogP contribution in [-0.2, 0) is 14.3 Å². The fourth-order valence-electron chi connectivity index (χ4n) is 3.14. The average molecular weight is 354 g/mol. The van der Waals surface area contributed by atoms with Gasteiger partial charge in [0, 0.05) is 20.0 Å². The van der Waals surface area contributed by atoms with Gasteiger partial charge >= 0.3 is 5.97 Å². The monoisotopic (exact) mass is 354 g/mol. The van der Waals surface area contributed by atoms with Gasteiger partial charge in [0.05, 0.1) is 11.3 Å². The van der Waals surface area contributed by atoms with Crippen LogP contribution in [0.25, 0.3) is 10.8 Å². The zero-order valence-corrected chi connectivity index (χ0v) is 14.8. The standard InChI is InChI=1S/C20H22N2O4/c1-14(23)21-18-12-16-8-4-3-7-15(16)11-17(18)20(25)26-13-19(24)22-9-5-2-6-10-22/h3-4,7-8,11-12H,2,5-6,9-10,13H2,1H3,(H,21,23). The number of amides is 2. The number of esters is 1. The number of nitrogens with one attached hydrogen (secondary N) is 1. The first-order valence-electron chi connectivity index (χ1n) is 8.80. The molecule has 2 amide bonds. The predicted molar refractivity (Wildman–Crippen MR) is 99.0 cm³/mol. The molecule has 26 heavy (non-hydrogen) atoms. The van der Waals surface area contributed by atoms with Crippen LogP contribution in [0.4, 0.5) is 5.69 Å². The molecule has 1 fully saturated rings. The second kappa shape index (κ2) is 7.99. The van der Waals surface area contributed by atoms with Gasteiger partial charge in [-0.15, -0.1) is 0 Å². The van der Waals surface area contributed by atoms with Crippen LogP contribution in [-0.4, -0.2) is 42.4 Å². The van der Waals surface area contributed by atoms with Crippen molar-refractivity contribution in [1.82, 2.24) is 4.90 Å². The Morgan fingerprint density at radius 3 is 2.35 bits per heavy atom. The Bertz CT molecular complexity index is 841. The van der Waals surface area contributed by atoms with Gasteiger partial charge in [-0.1, -0.05) is 24.3 Å². The Balaban J connectivity index is 1.77. The molecule has 1 aliphatic rings. The van der Waals surface area contributed by atoms with E-state index in [-0.39, 0.29) is 24.0 Å². The lowest BCUT2D eigenvalue weighted by atomic mass is 10.0.